The second-order valence-corrected chi connectivity index (χ2v) is 7.41. The van der Waals surface area contributed by atoms with Gasteiger partial charge in [-0.1, -0.05) is 56.3 Å². The summed E-state index contributed by atoms with van der Waals surface area (Å²) in [6.07, 6.45) is 1.34. The molecule has 4 heteroatoms. The van der Waals surface area contributed by atoms with Crippen molar-refractivity contribution >= 4 is 0 Å². The lowest BCUT2D eigenvalue weighted by Gasteiger charge is -2.27. The molecule has 0 aliphatic rings. The average molecular weight is 372 g/mol. The molecule has 0 radical (unpaired) electrons. The summed E-state index contributed by atoms with van der Waals surface area (Å²) in [5, 5.41) is 10.6. The first-order valence-electron chi connectivity index (χ1n) is 9.67. The summed E-state index contributed by atoms with van der Waals surface area (Å²) in [6, 6.07) is 16.1. The van der Waals surface area contributed by atoms with Gasteiger partial charge in [0.15, 0.2) is 11.5 Å². The first-order chi connectivity index (χ1) is 13.0. The zero-order chi connectivity index (χ0) is 19.6. The molecule has 0 amide bonds. The Hall–Kier alpha value is -2.04. The number of rotatable bonds is 11. The van der Waals surface area contributed by atoms with Gasteiger partial charge in [0.05, 0.1) is 20.3 Å². The Morgan fingerprint density at radius 1 is 0.963 bits per heavy atom. The van der Waals surface area contributed by atoms with Gasteiger partial charge in [-0.2, -0.15) is 0 Å². The molecule has 27 heavy (non-hydrogen) atoms. The Balaban J connectivity index is 2.09. The number of para-hydroxylation sites is 1. The standard InChI is InChI=1S/C23H33NO3/c1-18(2)13-14-24(17-21(25)15-19-9-6-5-7-10-19)16-20-11-8-12-22(26-3)23(20)27-4/h5-12,18,21,25H,13-17H2,1-4H3/t21-/m0/s1. The van der Waals surface area contributed by atoms with E-state index in [0.717, 1.165) is 42.1 Å². The number of aliphatic hydroxyl groups is 1. The van der Waals surface area contributed by atoms with Crippen LogP contribution in [-0.2, 0) is 13.0 Å². The van der Waals surface area contributed by atoms with Crippen molar-refractivity contribution in [1.82, 2.24) is 4.90 Å². The molecule has 0 heterocycles. The molecular weight excluding hydrogens is 338 g/mol. The second kappa shape index (κ2) is 11.0. The number of hydrogen-bond acceptors (Lipinski definition) is 4. The highest BCUT2D eigenvalue weighted by atomic mass is 16.5. The van der Waals surface area contributed by atoms with Crippen molar-refractivity contribution in [2.45, 2.75) is 39.3 Å². The molecule has 2 aromatic rings. The Morgan fingerprint density at radius 2 is 1.70 bits per heavy atom. The third kappa shape index (κ3) is 6.89. The van der Waals surface area contributed by atoms with Gasteiger partial charge < -0.3 is 14.6 Å². The Bertz CT molecular complexity index is 673. The number of benzene rings is 2. The van der Waals surface area contributed by atoms with Crippen LogP contribution in [0.4, 0.5) is 0 Å². The zero-order valence-electron chi connectivity index (χ0n) is 17.0. The van der Waals surface area contributed by atoms with Gasteiger partial charge in [0.2, 0.25) is 0 Å². The Morgan fingerprint density at radius 3 is 2.33 bits per heavy atom. The van der Waals surface area contributed by atoms with E-state index in [9.17, 15) is 5.11 Å². The molecule has 0 unspecified atom stereocenters. The molecule has 0 spiro atoms. The van der Waals surface area contributed by atoms with Gasteiger partial charge in [-0.05, 0) is 36.9 Å². The molecule has 0 aromatic heterocycles. The van der Waals surface area contributed by atoms with E-state index in [2.05, 4.69) is 36.9 Å². The lowest BCUT2D eigenvalue weighted by Crippen LogP contribution is -2.34. The largest absolute Gasteiger partial charge is 0.493 e. The normalized spacial score (nSPS) is 12.4. The maximum atomic E-state index is 10.6. The summed E-state index contributed by atoms with van der Waals surface area (Å²) in [6.45, 7) is 6.74. The minimum atomic E-state index is -0.406. The van der Waals surface area contributed by atoms with Crippen molar-refractivity contribution in [3.05, 3.63) is 59.7 Å². The van der Waals surface area contributed by atoms with E-state index in [1.807, 2.05) is 30.3 Å². The highest BCUT2D eigenvalue weighted by molar-refractivity contribution is 5.46. The lowest BCUT2D eigenvalue weighted by molar-refractivity contribution is 0.105. The topological polar surface area (TPSA) is 41.9 Å². The fraction of sp³-hybridized carbons (Fsp3) is 0.478. The summed E-state index contributed by atoms with van der Waals surface area (Å²) in [5.74, 6) is 2.13. The van der Waals surface area contributed by atoms with Crippen LogP contribution in [0.1, 0.15) is 31.4 Å². The number of hydrogen-bond donors (Lipinski definition) is 1. The van der Waals surface area contributed by atoms with Gasteiger partial charge in [-0.15, -0.1) is 0 Å². The summed E-state index contributed by atoms with van der Waals surface area (Å²) in [5.41, 5.74) is 2.24. The molecule has 0 saturated carbocycles. The molecule has 0 aliphatic carbocycles. The molecule has 1 atom stereocenters. The van der Waals surface area contributed by atoms with Gasteiger partial charge in [-0.25, -0.2) is 0 Å². The van der Waals surface area contributed by atoms with Crippen LogP contribution >= 0.6 is 0 Å². The lowest BCUT2D eigenvalue weighted by atomic mass is 10.1. The minimum Gasteiger partial charge on any atom is -0.493 e. The third-order valence-electron chi connectivity index (χ3n) is 4.68. The van der Waals surface area contributed by atoms with Crippen LogP contribution in [0.2, 0.25) is 0 Å². The molecule has 0 saturated heterocycles. The van der Waals surface area contributed by atoms with Gasteiger partial charge in [0.25, 0.3) is 0 Å². The fourth-order valence-electron chi connectivity index (χ4n) is 3.24. The smallest absolute Gasteiger partial charge is 0.165 e. The van der Waals surface area contributed by atoms with E-state index in [4.69, 9.17) is 9.47 Å². The van der Waals surface area contributed by atoms with Crippen LogP contribution in [0.25, 0.3) is 0 Å². The predicted octanol–water partition coefficient (Wildman–Crippen LogP) is 4.16. The molecule has 0 aliphatic heterocycles. The monoisotopic (exact) mass is 371 g/mol. The van der Waals surface area contributed by atoms with Crippen LogP contribution in [0.3, 0.4) is 0 Å². The summed E-state index contributed by atoms with van der Waals surface area (Å²) < 4.78 is 11.0. The van der Waals surface area contributed by atoms with Crippen LogP contribution in [0, 0.1) is 5.92 Å². The van der Waals surface area contributed by atoms with Crippen molar-refractivity contribution in [3.8, 4) is 11.5 Å². The Kier molecular flexibility index (Phi) is 8.62. The van der Waals surface area contributed by atoms with Gasteiger partial charge >= 0.3 is 0 Å². The summed E-state index contributed by atoms with van der Waals surface area (Å²) in [4.78, 5) is 2.31. The number of aliphatic hydroxyl groups excluding tert-OH is 1. The molecule has 4 nitrogen and oxygen atoms in total. The molecule has 2 aromatic carbocycles. The molecule has 0 bridgehead atoms. The van der Waals surface area contributed by atoms with Gasteiger partial charge in [-0.3, -0.25) is 4.90 Å². The highest BCUT2D eigenvalue weighted by Crippen LogP contribution is 2.31. The van der Waals surface area contributed by atoms with Gasteiger partial charge in [0, 0.05) is 18.7 Å². The summed E-state index contributed by atoms with van der Waals surface area (Å²) >= 11 is 0. The number of nitrogens with zero attached hydrogens (tertiary/aromatic N) is 1. The average Bonchev–Trinajstić information content (AvgIpc) is 2.66. The maximum Gasteiger partial charge on any atom is 0.165 e. The molecule has 1 N–H and O–H groups in total. The first-order valence-corrected chi connectivity index (χ1v) is 9.67. The second-order valence-electron chi connectivity index (χ2n) is 7.41. The highest BCUT2D eigenvalue weighted by Gasteiger charge is 2.17. The van der Waals surface area contributed by atoms with Crippen molar-refractivity contribution in [2.75, 3.05) is 27.3 Å². The summed E-state index contributed by atoms with van der Waals surface area (Å²) in [7, 11) is 3.33. The first kappa shape index (κ1) is 21.3. The van der Waals surface area contributed by atoms with Crippen LogP contribution in [0.5, 0.6) is 11.5 Å². The molecule has 2 rings (SSSR count). The van der Waals surface area contributed by atoms with E-state index >= 15 is 0 Å². The van der Waals surface area contributed by atoms with Gasteiger partial charge in [0.1, 0.15) is 0 Å². The quantitative estimate of drug-likeness (QED) is 0.644. The van der Waals surface area contributed by atoms with Crippen LogP contribution in [0.15, 0.2) is 48.5 Å². The SMILES string of the molecule is COc1cccc(CN(CCC(C)C)C[C@@H](O)Cc2ccccc2)c1OC. The van der Waals surface area contributed by atoms with Crippen LogP contribution in [-0.4, -0.2) is 43.4 Å². The van der Waals surface area contributed by atoms with E-state index < -0.39 is 6.10 Å². The molecular formula is C23H33NO3. The van der Waals surface area contributed by atoms with E-state index in [0.29, 0.717) is 18.9 Å². The third-order valence-corrected chi connectivity index (χ3v) is 4.68. The van der Waals surface area contributed by atoms with Crippen molar-refractivity contribution in [3.63, 3.8) is 0 Å². The predicted molar refractivity (Wildman–Crippen MR) is 110 cm³/mol. The number of ether oxygens (including phenoxy) is 2. The van der Waals surface area contributed by atoms with E-state index in [1.165, 1.54) is 0 Å². The van der Waals surface area contributed by atoms with Crippen molar-refractivity contribution in [2.24, 2.45) is 5.92 Å². The van der Waals surface area contributed by atoms with Crippen molar-refractivity contribution < 1.29 is 14.6 Å². The zero-order valence-corrected chi connectivity index (χ0v) is 17.0. The maximum absolute atomic E-state index is 10.6. The fourth-order valence-corrected chi connectivity index (χ4v) is 3.24. The van der Waals surface area contributed by atoms with Crippen LogP contribution < -0.4 is 9.47 Å². The van der Waals surface area contributed by atoms with E-state index in [-0.39, 0.29) is 0 Å². The van der Waals surface area contributed by atoms with E-state index in [1.54, 1.807) is 14.2 Å². The Labute approximate surface area is 163 Å². The minimum absolute atomic E-state index is 0.406. The molecule has 0 fully saturated rings. The van der Waals surface area contributed by atoms with Crippen molar-refractivity contribution in [1.29, 1.82) is 0 Å². The number of methoxy groups -OCH3 is 2. The molecule has 148 valence electrons.